The molecule has 13 heteroatoms. The van der Waals surface area contributed by atoms with Crippen molar-refractivity contribution in [3.63, 3.8) is 0 Å². The number of aryl methyl sites for hydroxylation is 4. The van der Waals surface area contributed by atoms with E-state index in [9.17, 15) is 25.3 Å². The highest BCUT2D eigenvalue weighted by molar-refractivity contribution is 7.92. The van der Waals surface area contributed by atoms with Crippen molar-refractivity contribution in [1.82, 2.24) is 0 Å². The highest BCUT2D eigenvalue weighted by Crippen LogP contribution is 2.18. The molecule has 0 saturated carbocycles. The van der Waals surface area contributed by atoms with Gasteiger partial charge in [0.15, 0.2) is 57.6 Å². The minimum Gasteiger partial charge on any atom is -0.286 e. The van der Waals surface area contributed by atoms with Crippen molar-refractivity contribution in [1.29, 1.82) is 0 Å². The summed E-state index contributed by atoms with van der Waals surface area (Å²) in [5, 5.41) is 0. The fraction of sp³-hybridized carbons (Fsp3) is 0.333. The standard InChI is InChI=1S/C24H28N2O7S4/c27-35(28,18-14-25-10-4-21(5-11-25)8-16-34)23-2-1-3-24(20-23)36(29,30)19-15-26-12-6-22(7-13-26)9-17-37(31,32)33/h1-7,10-13,20H,8-9,14-19H2/p+2. The molecule has 3 rings (SSSR count). The van der Waals surface area contributed by atoms with Crippen molar-refractivity contribution in [3.05, 3.63) is 84.4 Å². The second-order valence-corrected chi connectivity index (χ2v) is 14.7. The van der Waals surface area contributed by atoms with E-state index in [4.69, 9.17) is 4.55 Å². The van der Waals surface area contributed by atoms with E-state index in [0.717, 1.165) is 17.7 Å². The first-order valence-electron chi connectivity index (χ1n) is 11.5. The lowest BCUT2D eigenvalue weighted by atomic mass is 10.2. The third-order valence-electron chi connectivity index (χ3n) is 5.73. The second kappa shape index (κ2) is 12.5. The zero-order valence-corrected chi connectivity index (χ0v) is 23.4. The molecule has 200 valence electrons. The average molecular weight is 587 g/mol. The molecule has 0 bridgehead atoms. The first-order valence-corrected chi connectivity index (χ1v) is 17.0. The molecule has 0 radical (unpaired) electrons. The van der Waals surface area contributed by atoms with Crippen LogP contribution in [0.2, 0.25) is 0 Å². The van der Waals surface area contributed by atoms with Gasteiger partial charge in [0.2, 0.25) is 0 Å². The molecule has 0 fully saturated rings. The minimum atomic E-state index is -4.06. The van der Waals surface area contributed by atoms with Gasteiger partial charge in [0, 0.05) is 24.3 Å². The van der Waals surface area contributed by atoms with E-state index < -0.39 is 35.5 Å². The van der Waals surface area contributed by atoms with Crippen molar-refractivity contribution >= 4 is 42.4 Å². The summed E-state index contributed by atoms with van der Waals surface area (Å²) in [6, 6.07) is 12.5. The molecule has 0 amide bonds. The topological polar surface area (TPSA) is 130 Å². The molecular weight excluding hydrogens is 557 g/mol. The molecule has 2 aromatic heterocycles. The van der Waals surface area contributed by atoms with Gasteiger partial charge in [-0.15, -0.1) is 0 Å². The monoisotopic (exact) mass is 586 g/mol. The number of pyridine rings is 2. The molecule has 37 heavy (non-hydrogen) atoms. The molecule has 0 atom stereocenters. The summed E-state index contributed by atoms with van der Waals surface area (Å²) < 4.78 is 85.7. The third kappa shape index (κ3) is 9.18. The van der Waals surface area contributed by atoms with Gasteiger partial charge in [-0.3, -0.25) is 4.55 Å². The van der Waals surface area contributed by atoms with E-state index >= 15 is 0 Å². The van der Waals surface area contributed by atoms with Gasteiger partial charge in [0.25, 0.3) is 10.1 Å². The molecule has 0 saturated heterocycles. The van der Waals surface area contributed by atoms with Crippen LogP contribution in [-0.4, -0.2) is 52.8 Å². The van der Waals surface area contributed by atoms with Gasteiger partial charge in [0.1, 0.15) is 11.5 Å². The maximum Gasteiger partial charge on any atom is 0.265 e. The first-order chi connectivity index (χ1) is 17.4. The van der Waals surface area contributed by atoms with E-state index in [-0.39, 0.29) is 40.8 Å². The average Bonchev–Trinajstić information content (AvgIpc) is 2.86. The molecular formula is C24H30N2O7S4+2. The van der Waals surface area contributed by atoms with Crippen molar-refractivity contribution in [2.75, 3.05) is 23.0 Å². The Labute approximate surface area is 223 Å². The van der Waals surface area contributed by atoms with Crippen LogP contribution in [0.4, 0.5) is 0 Å². The van der Waals surface area contributed by atoms with E-state index in [1.165, 1.54) is 24.3 Å². The summed E-state index contributed by atoms with van der Waals surface area (Å²) >= 11 is 4.20. The third-order valence-corrected chi connectivity index (χ3v) is 10.1. The largest absolute Gasteiger partial charge is 0.286 e. The Morgan fingerprint density at radius 1 is 0.649 bits per heavy atom. The van der Waals surface area contributed by atoms with Crippen LogP contribution in [0.5, 0.6) is 0 Å². The van der Waals surface area contributed by atoms with Crippen LogP contribution in [0.3, 0.4) is 0 Å². The van der Waals surface area contributed by atoms with Crippen molar-refractivity contribution < 1.29 is 38.9 Å². The van der Waals surface area contributed by atoms with E-state index in [1.54, 1.807) is 33.7 Å². The van der Waals surface area contributed by atoms with Crippen LogP contribution in [0, 0.1) is 0 Å². The molecule has 3 aromatic rings. The van der Waals surface area contributed by atoms with Gasteiger partial charge in [-0.25, -0.2) is 26.0 Å². The normalized spacial score (nSPS) is 12.5. The fourth-order valence-electron chi connectivity index (χ4n) is 3.53. The second-order valence-electron chi connectivity index (χ2n) is 8.51. The summed E-state index contributed by atoms with van der Waals surface area (Å²) in [5.41, 5.74) is 1.79. The van der Waals surface area contributed by atoms with E-state index in [0.29, 0.717) is 5.56 Å². The molecule has 0 aliphatic rings. The lowest BCUT2D eigenvalue weighted by Crippen LogP contribution is -2.36. The van der Waals surface area contributed by atoms with Gasteiger partial charge in [-0.1, -0.05) is 6.07 Å². The maximum absolute atomic E-state index is 12.9. The quantitative estimate of drug-likeness (QED) is 0.174. The highest BCUT2D eigenvalue weighted by Gasteiger charge is 2.22. The SMILES string of the molecule is O=S(=O)(O)CCc1cc[n+](CCS(=O)(=O)c2cccc(S(=O)(=O)CC[n+]3ccc(CCS)cc3)c2)cc1. The van der Waals surface area contributed by atoms with E-state index in [1.807, 2.05) is 24.5 Å². The van der Waals surface area contributed by atoms with Crippen LogP contribution in [0.25, 0.3) is 0 Å². The molecule has 1 N–H and O–H groups in total. The predicted octanol–water partition coefficient (Wildman–Crippen LogP) is 1.11. The Kier molecular flexibility index (Phi) is 9.86. The first kappa shape index (κ1) is 29.2. The molecule has 9 nitrogen and oxygen atoms in total. The van der Waals surface area contributed by atoms with Gasteiger partial charge in [-0.2, -0.15) is 21.0 Å². The summed E-state index contributed by atoms with van der Waals surface area (Å²) in [6.45, 7) is 0.356. The number of nitrogens with zero attached hydrogens (tertiary/aromatic N) is 2. The maximum atomic E-state index is 12.9. The molecule has 0 unspecified atom stereocenters. The van der Waals surface area contributed by atoms with Crippen molar-refractivity contribution in [3.8, 4) is 0 Å². The number of aromatic nitrogens is 2. The molecule has 0 spiro atoms. The summed E-state index contributed by atoms with van der Waals surface area (Å²) in [7, 11) is -11.5. The number of benzene rings is 1. The summed E-state index contributed by atoms with van der Waals surface area (Å²) in [6.07, 6.45) is 7.84. The predicted molar refractivity (Wildman–Crippen MR) is 141 cm³/mol. The number of sulfone groups is 2. The van der Waals surface area contributed by atoms with Crippen molar-refractivity contribution in [2.45, 2.75) is 35.7 Å². The number of thiol groups is 1. The Bertz CT molecular complexity index is 1520. The zero-order valence-electron chi connectivity index (χ0n) is 20.0. The van der Waals surface area contributed by atoms with E-state index in [2.05, 4.69) is 12.6 Å². The van der Waals surface area contributed by atoms with Gasteiger partial charge in [0.05, 0.1) is 15.5 Å². The highest BCUT2D eigenvalue weighted by atomic mass is 32.2. The molecule has 0 aliphatic carbocycles. The molecule has 1 aromatic carbocycles. The van der Waals surface area contributed by atoms with Gasteiger partial charge >= 0.3 is 0 Å². The number of hydrogen-bond acceptors (Lipinski definition) is 7. The number of hydrogen-bond donors (Lipinski definition) is 2. The van der Waals surface area contributed by atoms with Crippen LogP contribution < -0.4 is 9.13 Å². The lowest BCUT2D eigenvalue weighted by Gasteiger charge is -2.07. The summed E-state index contributed by atoms with van der Waals surface area (Å²) in [4.78, 5) is -0.112. The number of rotatable bonds is 13. The van der Waals surface area contributed by atoms with Gasteiger partial charge < -0.3 is 0 Å². The van der Waals surface area contributed by atoms with Gasteiger partial charge in [-0.05, 0) is 47.9 Å². The summed E-state index contributed by atoms with van der Waals surface area (Å²) in [5.74, 6) is -0.0960. The Balaban J connectivity index is 1.63. The Morgan fingerprint density at radius 2 is 1.08 bits per heavy atom. The Hall–Kier alpha value is -2.32. The van der Waals surface area contributed by atoms with Crippen LogP contribution in [0.1, 0.15) is 11.1 Å². The molecule has 0 aliphatic heterocycles. The van der Waals surface area contributed by atoms with Crippen LogP contribution in [-0.2, 0) is 55.7 Å². The Morgan fingerprint density at radius 3 is 1.49 bits per heavy atom. The van der Waals surface area contributed by atoms with Crippen LogP contribution in [0.15, 0.2) is 83.1 Å². The molecule has 2 heterocycles. The zero-order chi connectivity index (χ0) is 27.1. The minimum absolute atomic E-state index is 0.0447. The lowest BCUT2D eigenvalue weighted by molar-refractivity contribution is -0.692. The fourth-order valence-corrected chi connectivity index (χ4v) is 6.92. The van der Waals surface area contributed by atoms with Crippen LogP contribution >= 0.6 is 12.6 Å². The van der Waals surface area contributed by atoms with Crippen molar-refractivity contribution in [2.24, 2.45) is 0 Å². The smallest absolute Gasteiger partial charge is 0.265 e.